The summed E-state index contributed by atoms with van der Waals surface area (Å²) in [7, 11) is 0. The fourth-order valence-corrected chi connectivity index (χ4v) is 1.98. The smallest absolute Gasteiger partial charge is 0.410 e. The van der Waals surface area contributed by atoms with Gasteiger partial charge in [-0.2, -0.15) is 0 Å². The maximum absolute atomic E-state index is 11.8. The SMILES string of the molecule is CC(Br)C(=O)N1CCN(C(=O)OC(C)(C)C)CC1. The van der Waals surface area contributed by atoms with Crippen LogP contribution < -0.4 is 0 Å². The highest BCUT2D eigenvalue weighted by atomic mass is 79.9. The minimum Gasteiger partial charge on any atom is -0.444 e. The van der Waals surface area contributed by atoms with Crippen LogP contribution in [0.4, 0.5) is 4.79 Å². The molecule has 104 valence electrons. The second-order valence-electron chi connectivity index (χ2n) is 5.41. The molecular weight excluding hydrogens is 300 g/mol. The van der Waals surface area contributed by atoms with E-state index in [1.807, 2.05) is 27.7 Å². The van der Waals surface area contributed by atoms with Crippen LogP contribution in [0.5, 0.6) is 0 Å². The van der Waals surface area contributed by atoms with Crippen LogP contribution in [0.1, 0.15) is 27.7 Å². The molecule has 0 N–H and O–H groups in total. The van der Waals surface area contributed by atoms with Crippen LogP contribution in [0.2, 0.25) is 0 Å². The molecule has 0 aromatic rings. The number of hydrogen-bond acceptors (Lipinski definition) is 3. The van der Waals surface area contributed by atoms with Gasteiger partial charge in [-0.1, -0.05) is 15.9 Å². The van der Waals surface area contributed by atoms with Crippen molar-refractivity contribution in [1.82, 2.24) is 9.80 Å². The molecule has 0 aliphatic carbocycles. The number of amides is 2. The third-order valence-corrected chi connectivity index (χ3v) is 2.97. The molecular formula is C12H21BrN2O3. The van der Waals surface area contributed by atoms with Gasteiger partial charge in [-0.25, -0.2) is 4.79 Å². The lowest BCUT2D eigenvalue weighted by Crippen LogP contribution is -2.52. The van der Waals surface area contributed by atoms with Gasteiger partial charge in [-0.3, -0.25) is 4.79 Å². The molecule has 1 saturated heterocycles. The fourth-order valence-electron chi connectivity index (χ4n) is 1.69. The number of halogens is 1. The van der Waals surface area contributed by atoms with Crippen molar-refractivity contribution >= 4 is 27.9 Å². The fraction of sp³-hybridized carbons (Fsp3) is 0.833. The van der Waals surface area contributed by atoms with Gasteiger partial charge in [0.2, 0.25) is 5.91 Å². The van der Waals surface area contributed by atoms with Gasteiger partial charge in [0, 0.05) is 26.2 Å². The van der Waals surface area contributed by atoms with E-state index in [4.69, 9.17) is 4.74 Å². The zero-order chi connectivity index (χ0) is 13.9. The molecule has 0 aromatic heterocycles. The van der Waals surface area contributed by atoms with E-state index in [-0.39, 0.29) is 16.8 Å². The highest BCUT2D eigenvalue weighted by Crippen LogP contribution is 2.13. The van der Waals surface area contributed by atoms with E-state index in [2.05, 4.69) is 15.9 Å². The molecule has 1 unspecified atom stereocenters. The Morgan fingerprint density at radius 1 is 1.11 bits per heavy atom. The molecule has 1 aliphatic heterocycles. The van der Waals surface area contributed by atoms with Crippen LogP contribution in [-0.4, -0.2) is 58.4 Å². The molecule has 1 heterocycles. The summed E-state index contributed by atoms with van der Waals surface area (Å²) in [5.74, 6) is 0.0684. The first-order valence-corrected chi connectivity index (χ1v) is 7.03. The van der Waals surface area contributed by atoms with Gasteiger partial charge in [-0.15, -0.1) is 0 Å². The van der Waals surface area contributed by atoms with Crippen LogP contribution in [-0.2, 0) is 9.53 Å². The maximum atomic E-state index is 11.8. The lowest BCUT2D eigenvalue weighted by molar-refractivity contribution is -0.131. The maximum Gasteiger partial charge on any atom is 0.410 e. The van der Waals surface area contributed by atoms with E-state index in [1.54, 1.807) is 9.80 Å². The number of alkyl halides is 1. The number of ether oxygens (including phenoxy) is 1. The van der Waals surface area contributed by atoms with Gasteiger partial charge in [-0.05, 0) is 27.7 Å². The summed E-state index contributed by atoms with van der Waals surface area (Å²) in [6, 6.07) is 0. The predicted molar refractivity (Wildman–Crippen MR) is 72.8 cm³/mol. The number of hydrogen-bond donors (Lipinski definition) is 0. The third kappa shape index (κ3) is 4.48. The predicted octanol–water partition coefficient (Wildman–Crippen LogP) is 1.85. The Labute approximate surface area is 117 Å². The summed E-state index contributed by atoms with van der Waals surface area (Å²) in [5.41, 5.74) is -0.478. The minimum atomic E-state index is -0.478. The first kappa shape index (κ1) is 15.3. The van der Waals surface area contributed by atoms with Crippen LogP contribution in [0.25, 0.3) is 0 Å². The monoisotopic (exact) mass is 320 g/mol. The number of carbonyl (C=O) groups excluding carboxylic acids is 2. The molecule has 18 heavy (non-hydrogen) atoms. The Morgan fingerprint density at radius 3 is 1.94 bits per heavy atom. The van der Waals surface area contributed by atoms with Crippen LogP contribution >= 0.6 is 15.9 Å². The molecule has 1 rings (SSSR count). The Kier molecular flexibility index (Phi) is 5.01. The number of rotatable bonds is 1. The molecule has 0 saturated carbocycles. The van der Waals surface area contributed by atoms with Gasteiger partial charge >= 0.3 is 6.09 Å². The van der Waals surface area contributed by atoms with E-state index < -0.39 is 5.60 Å². The average Bonchev–Trinajstić information content (AvgIpc) is 2.26. The summed E-state index contributed by atoms with van der Waals surface area (Å²) in [4.78, 5) is 26.8. The largest absolute Gasteiger partial charge is 0.444 e. The summed E-state index contributed by atoms with van der Waals surface area (Å²) >= 11 is 3.26. The molecule has 0 spiro atoms. The van der Waals surface area contributed by atoms with Crippen molar-refractivity contribution in [2.75, 3.05) is 26.2 Å². The van der Waals surface area contributed by atoms with E-state index >= 15 is 0 Å². The van der Waals surface area contributed by atoms with Crippen molar-refractivity contribution in [3.63, 3.8) is 0 Å². The topological polar surface area (TPSA) is 49.9 Å². The highest BCUT2D eigenvalue weighted by Gasteiger charge is 2.28. The second kappa shape index (κ2) is 5.91. The first-order valence-electron chi connectivity index (χ1n) is 6.11. The number of carbonyl (C=O) groups is 2. The first-order chi connectivity index (χ1) is 8.20. The quantitative estimate of drug-likeness (QED) is 0.693. The van der Waals surface area contributed by atoms with Crippen molar-refractivity contribution < 1.29 is 14.3 Å². The molecule has 2 amide bonds. The second-order valence-corrected chi connectivity index (χ2v) is 6.78. The zero-order valence-corrected chi connectivity index (χ0v) is 13.0. The van der Waals surface area contributed by atoms with Gasteiger partial charge in [0.15, 0.2) is 0 Å². The molecule has 1 atom stereocenters. The number of piperazine rings is 1. The Morgan fingerprint density at radius 2 is 1.56 bits per heavy atom. The van der Waals surface area contributed by atoms with Gasteiger partial charge in [0.05, 0.1) is 4.83 Å². The minimum absolute atomic E-state index is 0.0684. The van der Waals surface area contributed by atoms with Gasteiger partial charge < -0.3 is 14.5 Å². The van der Waals surface area contributed by atoms with Crippen molar-refractivity contribution in [2.24, 2.45) is 0 Å². The summed E-state index contributed by atoms with van der Waals surface area (Å²) in [5, 5.41) is 0. The lowest BCUT2D eigenvalue weighted by atomic mass is 10.2. The molecule has 5 nitrogen and oxygen atoms in total. The molecule has 1 aliphatic rings. The van der Waals surface area contributed by atoms with Crippen molar-refractivity contribution in [2.45, 2.75) is 38.1 Å². The molecule has 0 radical (unpaired) electrons. The summed E-state index contributed by atoms with van der Waals surface area (Å²) < 4.78 is 5.29. The molecule has 6 heteroatoms. The van der Waals surface area contributed by atoms with Crippen molar-refractivity contribution in [1.29, 1.82) is 0 Å². The molecule has 1 fully saturated rings. The van der Waals surface area contributed by atoms with Gasteiger partial charge in [0.1, 0.15) is 5.60 Å². The van der Waals surface area contributed by atoms with Crippen LogP contribution in [0, 0.1) is 0 Å². The van der Waals surface area contributed by atoms with Crippen LogP contribution in [0.3, 0.4) is 0 Å². The van der Waals surface area contributed by atoms with E-state index in [0.29, 0.717) is 26.2 Å². The van der Waals surface area contributed by atoms with E-state index in [1.165, 1.54) is 0 Å². The normalized spacial score (nSPS) is 18.5. The lowest BCUT2D eigenvalue weighted by Gasteiger charge is -2.36. The Bertz CT molecular complexity index is 318. The molecule has 0 bridgehead atoms. The van der Waals surface area contributed by atoms with Crippen molar-refractivity contribution in [3.05, 3.63) is 0 Å². The highest BCUT2D eigenvalue weighted by molar-refractivity contribution is 9.10. The van der Waals surface area contributed by atoms with Gasteiger partial charge in [0.25, 0.3) is 0 Å². The third-order valence-electron chi connectivity index (χ3n) is 2.58. The summed E-state index contributed by atoms with van der Waals surface area (Å²) in [6.45, 7) is 9.52. The Hall–Kier alpha value is -0.780. The standard InChI is InChI=1S/C12H21BrN2O3/c1-9(13)10(16)14-5-7-15(8-6-14)11(17)18-12(2,3)4/h9H,5-8H2,1-4H3. The molecule has 0 aromatic carbocycles. The van der Waals surface area contributed by atoms with E-state index in [9.17, 15) is 9.59 Å². The van der Waals surface area contributed by atoms with E-state index in [0.717, 1.165) is 0 Å². The number of nitrogens with zero attached hydrogens (tertiary/aromatic N) is 2. The van der Waals surface area contributed by atoms with Crippen LogP contribution in [0.15, 0.2) is 0 Å². The average molecular weight is 321 g/mol. The summed E-state index contributed by atoms with van der Waals surface area (Å²) in [6.07, 6.45) is -0.304. The van der Waals surface area contributed by atoms with Crippen molar-refractivity contribution in [3.8, 4) is 0 Å². The Balaban J connectivity index is 2.44. The zero-order valence-electron chi connectivity index (χ0n) is 11.4.